The summed E-state index contributed by atoms with van der Waals surface area (Å²) in [5.41, 5.74) is 11.7. The predicted molar refractivity (Wildman–Crippen MR) is 235 cm³/mol. The Bertz CT molecular complexity index is 3340. The lowest BCUT2D eigenvalue weighted by atomic mass is 9.98. The lowest BCUT2D eigenvalue weighted by Crippen LogP contribution is -2.02. The van der Waals surface area contributed by atoms with E-state index < -0.39 is 0 Å². The van der Waals surface area contributed by atoms with Crippen LogP contribution in [0.15, 0.2) is 194 Å². The lowest BCUT2D eigenvalue weighted by Gasteiger charge is -2.17. The molecule has 58 heavy (non-hydrogen) atoms. The Morgan fingerprint density at radius 1 is 0.397 bits per heavy atom. The van der Waals surface area contributed by atoms with Crippen molar-refractivity contribution in [2.75, 3.05) is 0 Å². The largest absolute Gasteiger partial charge is 0.309 e. The van der Waals surface area contributed by atoms with Gasteiger partial charge in [0, 0.05) is 49.5 Å². The van der Waals surface area contributed by atoms with Gasteiger partial charge in [-0.15, -0.1) is 0 Å². The zero-order valence-corrected chi connectivity index (χ0v) is 31.2. The van der Waals surface area contributed by atoms with E-state index in [1.165, 1.54) is 10.8 Å². The molecular weight excluding hydrogens is 709 g/mol. The number of rotatable bonds is 6. The molecule has 8 aromatic carbocycles. The van der Waals surface area contributed by atoms with E-state index in [1.54, 1.807) is 0 Å². The molecule has 3 aromatic heterocycles. The Morgan fingerprint density at radius 2 is 0.966 bits per heavy atom. The Balaban J connectivity index is 1.23. The molecule has 0 fully saturated rings. The number of benzene rings is 8. The van der Waals surface area contributed by atoms with Gasteiger partial charge in [-0.1, -0.05) is 133 Å². The molecule has 3 heterocycles. The molecule has 0 saturated heterocycles. The van der Waals surface area contributed by atoms with Crippen molar-refractivity contribution < 1.29 is 0 Å². The third-order valence-corrected chi connectivity index (χ3v) is 11.0. The molecule has 0 unspecified atom stereocenters. The van der Waals surface area contributed by atoms with Gasteiger partial charge in [-0.3, -0.25) is 0 Å². The van der Waals surface area contributed by atoms with E-state index in [1.807, 2.05) is 78.9 Å². The Kier molecular flexibility index (Phi) is 7.76. The van der Waals surface area contributed by atoms with Crippen molar-refractivity contribution in [1.82, 2.24) is 24.1 Å². The summed E-state index contributed by atoms with van der Waals surface area (Å²) in [4.78, 5) is 15.1. The van der Waals surface area contributed by atoms with Crippen molar-refractivity contribution in [3.05, 3.63) is 200 Å². The molecule has 0 N–H and O–H groups in total. The van der Waals surface area contributed by atoms with Gasteiger partial charge in [0.15, 0.2) is 17.5 Å². The van der Waals surface area contributed by atoms with Crippen LogP contribution in [0.1, 0.15) is 5.56 Å². The number of nitriles is 1. The highest BCUT2D eigenvalue weighted by molar-refractivity contribution is 6.26. The molecule has 0 aliphatic rings. The second-order valence-electron chi connectivity index (χ2n) is 14.4. The minimum absolute atomic E-state index is 0.562. The predicted octanol–water partition coefficient (Wildman–Crippen LogP) is 12.6. The fraction of sp³-hybridized carbons (Fsp3) is 0. The van der Waals surface area contributed by atoms with Crippen molar-refractivity contribution in [3.8, 4) is 62.7 Å². The topological polar surface area (TPSA) is 72.3 Å². The Morgan fingerprint density at radius 3 is 1.64 bits per heavy atom. The molecule has 0 spiro atoms. The average molecular weight is 741 g/mol. The molecule has 0 atom stereocenters. The molecule has 6 heteroatoms. The van der Waals surface area contributed by atoms with Crippen LogP contribution in [-0.4, -0.2) is 24.1 Å². The van der Waals surface area contributed by atoms with Gasteiger partial charge in [0.05, 0.1) is 39.4 Å². The van der Waals surface area contributed by atoms with E-state index in [0.717, 1.165) is 72.0 Å². The van der Waals surface area contributed by atoms with E-state index >= 15 is 0 Å². The summed E-state index contributed by atoms with van der Waals surface area (Å²) >= 11 is 0. The Hall–Kier alpha value is -8.14. The summed E-state index contributed by atoms with van der Waals surface area (Å²) in [5, 5.41) is 14.8. The molecule has 6 nitrogen and oxygen atoms in total. The molecule has 0 bridgehead atoms. The highest BCUT2D eigenvalue weighted by Crippen LogP contribution is 2.44. The van der Waals surface area contributed by atoms with Crippen LogP contribution in [0.2, 0.25) is 0 Å². The van der Waals surface area contributed by atoms with Crippen LogP contribution in [0, 0.1) is 11.3 Å². The maximum atomic E-state index is 10.1. The summed E-state index contributed by atoms with van der Waals surface area (Å²) in [6.07, 6.45) is 0. The van der Waals surface area contributed by atoms with E-state index in [0.29, 0.717) is 23.0 Å². The Labute approximate surface area is 334 Å². The fourth-order valence-corrected chi connectivity index (χ4v) is 8.41. The molecule has 11 aromatic rings. The standard InChI is InChI=1S/C52H32N6/c53-33-34-15-14-20-37(31-34)43-32-38(52-55-50(35-16-4-1-5-17-35)54-51(56-52)36-18-6-2-7-19-36)27-29-46(43)58-44-25-12-10-23-40(44)41-28-30-47-48(49(41)58)42-24-11-13-26-45(42)57(47)39-21-8-3-9-22-39/h1-32H. The maximum absolute atomic E-state index is 10.1. The number of hydrogen-bond donors (Lipinski definition) is 0. The molecule has 0 aliphatic heterocycles. The third kappa shape index (κ3) is 5.37. The molecule has 0 aliphatic carbocycles. The minimum Gasteiger partial charge on any atom is -0.309 e. The number of aromatic nitrogens is 5. The average Bonchev–Trinajstić information content (AvgIpc) is 3.82. The van der Waals surface area contributed by atoms with Gasteiger partial charge in [-0.25, -0.2) is 15.0 Å². The zero-order chi connectivity index (χ0) is 38.6. The van der Waals surface area contributed by atoms with Gasteiger partial charge in [0.1, 0.15) is 0 Å². The number of hydrogen-bond acceptors (Lipinski definition) is 4. The smallest absolute Gasteiger partial charge is 0.164 e. The number of para-hydroxylation sites is 3. The van der Waals surface area contributed by atoms with Gasteiger partial charge in [0.25, 0.3) is 0 Å². The summed E-state index contributed by atoms with van der Waals surface area (Å²) in [5.74, 6) is 1.76. The van der Waals surface area contributed by atoms with Gasteiger partial charge in [-0.2, -0.15) is 5.26 Å². The number of nitrogens with zero attached hydrogens (tertiary/aromatic N) is 6. The van der Waals surface area contributed by atoms with Crippen LogP contribution in [0.4, 0.5) is 0 Å². The van der Waals surface area contributed by atoms with E-state index in [2.05, 4.69) is 130 Å². The summed E-state index contributed by atoms with van der Waals surface area (Å²) in [6.45, 7) is 0. The first-order chi connectivity index (χ1) is 28.7. The normalized spacial score (nSPS) is 11.4. The second-order valence-corrected chi connectivity index (χ2v) is 14.4. The van der Waals surface area contributed by atoms with Gasteiger partial charge >= 0.3 is 0 Å². The SMILES string of the molecule is N#Cc1cccc(-c2cc(-c3nc(-c4ccccc4)nc(-c4ccccc4)n3)ccc2-n2c3ccccc3c3ccc4c(c5ccccc5n4-c4ccccc4)c32)c1. The van der Waals surface area contributed by atoms with E-state index in [-0.39, 0.29) is 0 Å². The van der Waals surface area contributed by atoms with Crippen molar-refractivity contribution in [2.45, 2.75) is 0 Å². The molecule has 0 amide bonds. The first-order valence-corrected chi connectivity index (χ1v) is 19.3. The highest BCUT2D eigenvalue weighted by atomic mass is 15.0. The van der Waals surface area contributed by atoms with Crippen LogP contribution in [0.25, 0.3) is 100 Å². The van der Waals surface area contributed by atoms with E-state index in [4.69, 9.17) is 15.0 Å². The summed E-state index contributed by atoms with van der Waals surface area (Å²) in [6, 6.07) is 69.1. The first-order valence-electron chi connectivity index (χ1n) is 19.3. The highest BCUT2D eigenvalue weighted by Gasteiger charge is 2.23. The first kappa shape index (κ1) is 33.2. The summed E-state index contributed by atoms with van der Waals surface area (Å²) < 4.78 is 4.77. The van der Waals surface area contributed by atoms with Gasteiger partial charge < -0.3 is 9.13 Å². The van der Waals surface area contributed by atoms with E-state index in [9.17, 15) is 5.26 Å². The molecule has 0 radical (unpaired) electrons. The van der Waals surface area contributed by atoms with Crippen LogP contribution < -0.4 is 0 Å². The number of fused-ring (bicyclic) bond motifs is 7. The van der Waals surface area contributed by atoms with Crippen LogP contribution in [-0.2, 0) is 0 Å². The summed E-state index contributed by atoms with van der Waals surface area (Å²) in [7, 11) is 0. The lowest BCUT2D eigenvalue weighted by molar-refractivity contribution is 1.07. The minimum atomic E-state index is 0.562. The molecule has 270 valence electrons. The quantitative estimate of drug-likeness (QED) is 0.170. The third-order valence-electron chi connectivity index (χ3n) is 11.0. The van der Waals surface area contributed by atoms with Crippen LogP contribution >= 0.6 is 0 Å². The fourth-order valence-electron chi connectivity index (χ4n) is 8.41. The molecule has 0 saturated carbocycles. The van der Waals surface area contributed by atoms with Crippen molar-refractivity contribution in [1.29, 1.82) is 5.26 Å². The zero-order valence-electron chi connectivity index (χ0n) is 31.2. The van der Waals surface area contributed by atoms with Gasteiger partial charge in [-0.05, 0) is 66.2 Å². The monoisotopic (exact) mass is 740 g/mol. The second kappa shape index (κ2) is 13.6. The maximum Gasteiger partial charge on any atom is 0.164 e. The van der Waals surface area contributed by atoms with Crippen LogP contribution in [0.5, 0.6) is 0 Å². The van der Waals surface area contributed by atoms with Gasteiger partial charge in [0.2, 0.25) is 0 Å². The van der Waals surface area contributed by atoms with Crippen molar-refractivity contribution in [2.24, 2.45) is 0 Å². The van der Waals surface area contributed by atoms with Crippen molar-refractivity contribution >= 4 is 43.6 Å². The van der Waals surface area contributed by atoms with Crippen molar-refractivity contribution in [3.63, 3.8) is 0 Å². The van der Waals surface area contributed by atoms with Crippen LogP contribution in [0.3, 0.4) is 0 Å². The molecule has 11 rings (SSSR count). The molecular formula is C52H32N6.